The predicted octanol–water partition coefficient (Wildman–Crippen LogP) is 2.62. The maximum absolute atomic E-state index is 5.69. The summed E-state index contributed by atoms with van der Waals surface area (Å²) in [6, 6.07) is 12.5. The Morgan fingerprint density at radius 2 is 1.90 bits per heavy atom. The van der Waals surface area contributed by atoms with Crippen molar-refractivity contribution in [2.24, 2.45) is 5.84 Å². The van der Waals surface area contributed by atoms with Crippen molar-refractivity contribution in [3.05, 3.63) is 58.2 Å². The minimum absolute atomic E-state index is 0.139. The van der Waals surface area contributed by atoms with Gasteiger partial charge in [-0.2, -0.15) is 0 Å². The van der Waals surface area contributed by atoms with E-state index in [4.69, 9.17) is 10.8 Å². The van der Waals surface area contributed by atoms with Crippen molar-refractivity contribution in [1.29, 1.82) is 0 Å². The van der Waals surface area contributed by atoms with Crippen molar-refractivity contribution < 1.29 is 0 Å². The van der Waals surface area contributed by atoms with E-state index in [1.807, 2.05) is 25.1 Å². The van der Waals surface area contributed by atoms with E-state index < -0.39 is 0 Å². The molecular weight excluding hydrogens is 280 g/mol. The van der Waals surface area contributed by atoms with E-state index in [1.165, 1.54) is 0 Å². The second kappa shape index (κ2) is 6.30. The first-order valence-corrected chi connectivity index (χ1v) is 7.84. The molecule has 5 heteroatoms. The number of hydrogen-bond donors (Lipinski definition) is 2. The van der Waals surface area contributed by atoms with Gasteiger partial charge in [-0.1, -0.05) is 24.3 Å². The molecule has 0 aliphatic heterocycles. The molecule has 1 aromatic carbocycles. The fraction of sp³-hybridized carbons (Fsp3) is 0.250. The van der Waals surface area contributed by atoms with Gasteiger partial charge in [0.2, 0.25) is 0 Å². The fourth-order valence-corrected chi connectivity index (χ4v) is 3.04. The minimum Gasteiger partial charge on any atom is -0.271 e. The average molecular weight is 298 g/mol. The van der Waals surface area contributed by atoms with Crippen LogP contribution in [-0.4, -0.2) is 16.0 Å². The molecule has 0 bridgehead atoms. The molecule has 3 rings (SSSR count). The molecular formula is C16H18N4S. The Balaban J connectivity index is 1.75. The summed E-state index contributed by atoms with van der Waals surface area (Å²) >= 11 is 1.67. The largest absolute Gasteiger partial charge is 0.271 e. The van der Waals surface area contributed by atoms with Crippen LogP contribution in [0, 0.1) is 6.92 Å². The zero-order valence-corrected chi connectivity index (χ0v) is 12.7. The van der Waals surface area contributed by atoms with Crippen LogP contribution in [0.5, 0.6) is 0 Å². The maximum atomic E-state index is 5.69. The van der Waals surface area contributed by atoms with E-state index in [0.717, 1.165) is 40.1 Å². The molecule has 1 atom stereocenters. The lowest BCUT2D eigenvalue weighted by molar-refractivity contribution is 0.514. The number of fused-ring (bicyclic) bond motifs is 1. The molecule has 1 unspecified atom stereocenters. The summed E-state index contributed by atoms with van der Waals surface area (Å²) in [6.45, 7) is 2.02. The number of pyridine rings is 1. The number of aryl methyl sites for hydroxylation is 1. The van der Waals surface area contributed by atoms with Crippen molar-refractivity contribution in [1.82, 2.24) is 15.4 Å². The van der Waals surface area contributed by atoms with Gasteiger partial charge in [0.05, 0.1) is 16.2 Å². The van der Waals surface area contributed by atoms with Gasteiger partial charge in [-0.25, -0.2) is 4.98 Å². The third-order valence-electron chi connectivity index (χ3n) is 3.47. The highest BCUT2D eigenvalue weighted by molar-refractivity contribution is 7.09. The first-order chi connectivity index (χ1) is 10.2. The second-order valence-electron chi connectivity index (χ2n) is 5.12. The van der Waals surface area contributed by atoms with Crippen LogP contribution < -0.4 is 11.3 Å². The summed E-state index contributed by atoms with van der Waals surface area (Å²) in [7, 11) is 0. The van der Waals surface area contributed by atoms with Crippen LogP contribution in [0.1, 0.15) is 16.4 Å². The van der Waals surface area contributed by atoms with Crippen LogP contribution in [0.15, 0.2) is 41.8 Å². The Bertz CT molecular complexity index is 738. The molecule has 21 heavy (non-hydrogen) atoms. The normalized spacial score (nSPS) is 12.7. The lowest BCUT2D eigenvalue weighted by atomic mass is 10.1. The molecule has 0 fully saturated rings. The van der Waals surface area contributed by atoms with Gasteiger partial charge in [0.15, 0.2) is 0 Å². The molecule has 0 saturated carbocycles. The fourth-order valence-electron chi connectivity index (χ4n) is 2.42. The molecule has 2 aromatic heterocycles. The van der Waals surface area contributed by atoms with E-state index >= 15 is 0 Å². The molecule has 0 radical (unpaired) electrons. The molecule has 3 N–H and O–H groups in total. The third-order valence-corrected chi connectivity index (χ3v) is 4.29. The second-order valence-corrected chi connectivity index (χ2v) is 6.19. The van der Waals surface area contributed by atoms with Gasteiger partial charge in [-0.3, -0.25) is 16.3 Å². The Kier molecular flexibility index (Phi) is 4.24. The van der Waals surface area contributed by atoms with Gasteiger partial charge >= 0.3 is 0 Å². The number of hydrazine groups is 1. The molecule has 4 nitrogen and oxygen atoms in total. The highest BCUT2D eigenvalue weighted by Crippen LogP contribution is 2.15. The van der Waals surface area contributed by atoms with Crippen LogP contribution in [-0.2, 0) is 12.8 Å². The molecule has 0 spiro atoms. The van der Waals surface area contributed by atoms with Crippen LogP contribution in [0.25, 0.3) is 10.9 Å². The van der Waals surface area contributed by atoms with Crippen molar-refractivity contribution in [3.63, 3.8) is 0 Å². The number of rotatable bonds is 5. The standard InChI is InChI=1S/C16H18N4S/c1-11-18-15(10-21-11)9-14(20-17)8-13-7-6-12-4-2-3-5-16(12)19-13/h2-7,10,14,20H,8-9,17H2,1H3. The molecule has 3 aromatic rings. The Hall–Kier alpha value is -1.82. The van der Waals surface area contributed by atoms with Gasteiger partial charge in [0.25, 0.3) is 0 Å². The summed E-state index contributed by atoms with van der Waals surface area (Å²) < 4.78 is 0. The SMILES string of the molecule is Cc1nc(CC(Cc2ccc3ccccc3n2)NN)cs1. The van der Waals surface area contributed by atoms with Gasteiger partial charge < -0.3 is 0 Å². The van der Waals surface area contributed by atoms with Crippen LogP contribution in [0.2, 0.25) is 0 Å². The first kappa shape index (κ1) is 14.1. The summed E-state index contributed by atoms with van der Waals surface area (Å²) in [5, 5.41) is 4.34. The quantitative estimate of drug-likeness (QED) is 0.561. The van der Waals surface area contributed by atoms with Crippen LogP contribution in [0.4, 0.5) is 0 Å². The molecule has 0 aliphatic carbocycles. The first-order valence-electron chi connectivity index (χ1n) is 6.96. The Morgan fingerprint density at radius 3 is 2.67 bits per heavy atom. The number of aromatic nitrogens is 2. The molecule has 0 amide bonds. The zero-order chi connectivity index (χ0) is 14.7. The van der Waals surface area contributed by atoms with Gasteiger partial charge in [0.1, 0.15) is 0 Å². The lowest BCUT2D eigenvalue weighted by Crippen LogP contribution is -2.38. The number of nitrogens with one attached hydrogen (secondary N) is 1. The van der Waals surface area contributed by atoms with Crippen LogP contribution in [0.3, 0.4) is 0 Å². The van der Waals surface area contributed by atoms with Crippen LogP contribution >= 0.6 is 11.3 Å². The van der Waals surface area contributed by atoms with E-state index in [1.54, 1.807) is 11.3 Å². The minimum atomic E-state index is 0.139. The summed E-state index contributed by atoms with van der Waals surface area (Å²) in [4.78, 5) is 9.19. The molecule has 2 heterocycles. The maximum Gasteiger partial charge on any atom is 0.0897 e. The summed E-state index contributed by atoms with van der Waals surface area (Å²) in [5.74, 6) is 5.69. The number of para-hydroxylation sites is 1. The average Bonchev–Trinajstić information content (AvgIpc) is 2.91. The number of hydrogen-bond acceptors (Lipinski definition) is 5. The summed E-state index contributed by atoms with van der Waals surface area (Å²) in [6.07, 6.45) is 1.60. The Labute approximate surface area is 128 Å². The molecule has 0 aliphatic rings. The van der Waals surface area contributed by atoms with Crippen molar-refractivity contribution in [2.45, 2.75) is 25.8 Å². The van der Waals surface area contributed by atoms with E-state index in [9.17, 15) is 0 Å². The number of nitrogens with zero attached hydrogens (tertiary/aromatic N) is 2. The zero-order valence-electron chi connectivity index (χ0n) is 11.9. The number of benzene rings is 1. The monoisotopic (exact) mass is 298 g/mol. The summed E-state index contributed by atoms with van der Waals surface area (Å²) in [5.41, 5.74) is 6.03. The van der Waals surface area contributed by atoms with Crippen molar-refractivity contribution in [2.75, 3.05) is 0 Å². The van der Waals surface area contributed by atoms with Crippen molar-refractivity contribution >= 4 is 22.2 Å². The van der Waals surface area contributed by atoms with E-state index in [0.29, 0.717) is 0 Å². The highest BCUT2D eigenvalue weighted by atomic mass is 32.1. The molecule has 0 saturated heterocycles. The van der Waals surface area contributed by atoms with Gasteiger partial charge in [-0.05, 0) is 19.1 Å². The Morgan fingerprint density at radius 1 is 1.10 bits per heavy atom. The predicted molar refractivity (Wildman–Crippen MR) is 87.1 cm³/mol. The van der Waals surface area contributed by atoms with E-state index in [2.05, 4.69) is 34.0 Å². The van der Waals surface area contributed by atoms with Gasteiger partial charge in [0, 0.05) is 35.3 Å². The smallest absolute Gasteiger partial charge is 0.0897 e. The van der Waals surface area contributed by atoms with Crippen molar-refractivity contribution in [3.8, 4) is 0 Å². The molecule has 108 valence electrons. The highest BCUT2D eigenvalue weighted by Gasteiger charge is 2.12. The lowest BCUT2D eigenvalue weighted by Gasteiger charge is -2.14. The van der Waals surface area contributed by atoms with Gasteiger partial charge in [-0.15, -0.1) is 11.3 Å². The number of thiazole rings is 1. The number of nitrogens with two attached hydrogens (primary N) is 1. The van der Waals surface area contributed by atoms with E-state index in [-0.39, 0.29) is 6.04 Å². The third kappa shape index (κ3) is 3.44. The topological polar surface area (TPSA) is 63.8 Å².